The van der Waals surface area contributed by atoms with Crippen LogP contribution in [0.1, 0.15) is 124 Å². The fourth-order valence-corrected chi connectivity index (χ4v) is 10.4. The fraction of sp³-hybridized carbons (Fsp3) is 0.549. The van der Waals surface area contributed by atoms with Gasteiger partial charge in [-0.05, 0) is 92.5 Å². The summed E-state index contributed by atoms with van der Waals surface area (Å²) in [6.45, 7) is 11.3. The molecule has 5 aliphatic heterocycles. The van der Waals surface area contributed by atoms with Gasteiger partial charge in [-0.3, -0.25) is 39.0 Å². The van der Waals surface area contributed by atoms with Gasteiger partial charge in [0, 0.05) is 112 Å². The summed E-state index contributed by atoms with van der Waals surface area (Å²) in [4.78, 5) is 90.3. The molecule has 0 radical (unpaired) electrons. The predicted molar refractivity (Wildman–Crippen MR) is 260 cm³/mol. The molecule has 0 bridgehead atoms. The minimum Gasteiger partial charge on any atom is -0.357 e. The molecule has 2 unspecified atom stereocenters. The number of allylic oxidation sites excluding steroid dienone is 3. The summed E-state index contributed by atoms with van der Waals surface area (Å²) in [5.41, 5.74) is 9.54. The Labute approximate surface area is 399 Å². The van der Waals surface area contributed by atoms with E-state index in [2.05, 4.69) is 63.9 Å². The van der Waals surface area contributed by atoms with E-state index in [4.69, 9.17) is 10.7 Å². The molecule has 6 amide bonds. The molecule has 3 fully saturated rings. The van der Waals surface area contributed by atoms with Gasteiger partial charge in [-0.1, -0.05) is 74.7 Å². The van der Waals surface area contributed by atoms with Crippen LogP contribution in [0.15, 0.2) is 75.2 Å². The van der Waals surface area contributed by atoms with Gasteiger partial charge in [-0.15, -0.1) is 0 Å². The summed E-state index contributed by atoms with van der Waals surface area (Å²) >= 11 is 1.67. The lowest BCUT2D eigenvalue weighted by Crippen LogP contribution is -2.52. The number of thioether (sulfide) groups is 1. The highest BCUT2D eigenvalue weighted by Gasteiger charge is 2.39. The molecule has 7 rings (SSSR count). The normalized spacial score (nSPS) is 20.8. The largest absolute Gasteiger partial charge is 0.357 e. The minimum absolute atomic E-state index is 0.00499. The lowest BCUT2D eigenvalue weighted by molar-refractivity contribution is -0.137. The highest BCUT2D eigenvalue weighted by Crippen LogP contribution is 2.32. The van der Waals surface area contributed by atoms with Crippen molar-refractivity contribution < 1.29 is 28.8 Å². The van der Waals surface area contributed by atoms with Gasteiger partial charge < -0.3 is 31.1 Å². The zero-order valence-corrected chi connectivity index (χ0v) is 40.2. The molecule has 67 heavy (non-hydrogen) atoms. The summed E-state index contributed by atoms with van der Waals surface area (Å²) in [6, 6.07) is 13.0. The third kappa shape index (κ3) is 14.6. The molecule has 5 heterocycles. The number of nitrogens with two attached hydrogens (primary N) is 1. The van der Waals surface area contributed by atoms with Crippen LogP contribution in [0.3, 0.4) is 0 Å². The van der Waals surface area contributed by atoms with Crippen LogP contribution in [0.25, 0.3) is 0 Å². The number of rotatable bonds is 20. The van der Waals surface area contributed by atoms with E-state index in [1.165, 1.54) is 4.90 Å². The number of carbonyl (C=O) groups excluding carboxylic acids is 6. The van der Waals surface area contributed by atoms with Crippen LogP contribution >= 0.6 is 11.8 Å². The molecule has 16 heteroatoms. The molecule has 0 saturated carbocycles. The van der Waals surface area contributed by atoms with E-state index in [1.54, 1.807) is 17.8 Å². The molecule has 5 N–H and O–H groups in total. The smallest absolute Gasteiger partial charge is 0.255 e. The van der Waals surface area contributed by atoms with Crippen molar-refractivity contribution in [3.8, 4) is 0 Å². The van der Waals surface area contributed by atoms with E-state index in [1.807, 2.05) is 35.4 Å². The first-order chi connectivity index (χ1) is 32.3. The van der Waals surface area contributed by atoms with E-state index >= 15 is 0 Å². The SMILES string of the molecule is CC1C=C(Sc2cccc(CNC(=O)CCC(=O)N3CCN(CCCCCCCCC(=O)NCc4ccc5c(c4)CN(C4CCC(=O)NC4=O)C5=O)CC3)c2)C=NC(N2CCC(C)(N)CC2)=C1. The topological polar surface area (TPSA) is 190 Å². The monoisotopic (exact) mass is 936 g/mol. The molecule has 3 saturated heterocycles. The van der Waals surface area contributed by atoms with Gasteiger partial charge in [0.25, 0.3) is 5.91 Å². The van der Waals surface area contributed by atoms with Crippen LogP contribution in [-0.2, 0) is 43.6 Å². The number of carbonyl (C=O) groups is 6. The van der Waals surface area contributed by atoms with Crippen molar-refractivity contribution in [3.63, 3.8) is 0 Å². The number of benzene rings is 2. The number of amides is 6. The molecule has 0 spiro atoms. The van der Waals surface area contributed by atoms with Crippen LogP contribution in [0.4, 0.5) is 0 Å². The van der Waals surface area contributed by atoms with Crippen molar-refractivity contribution in [2.45, 2.75) is 133 Å². The van der Waals surface area contributed by atoms with E-state index in [9.17, 15) is 28.8 Å². The minimum atomic E-state index is -0.646. The van der Waals surface area contributed by atoms with Gasteiger partial charge in [-0.25, -0.2) is 4.99 Å². The zero-order chi connectivity index (χ0) is 47.3. The molecule has 2 aromatic rings. The first-order valence-electron chi connectivity index (χ1n) is 24.4. The number of hydrogen-bond acceptors (Lipinski definition) is 11. The van der Waals surface area contributed by atoms with Crippen LogP contribution in [0, 0.1) is 5.92 Å². The third-order valence-corrected chi connectivity index (χ3v) is 14.5. The van der Waals surface area contributed by atoms with Crippen molar-refractivity contribution in [1.82, 2.24) is 35.6 Å². The van der Waals surface area contributed by atoms with Crippen molar-refractivity contribution >= 4 is 53.4 Å². The van der Waals surface area contributed by atoms with Gasteiger partial charge in [0.15, 0.2) is 0 Å². The molecule has 0 aromatic heterocycles. The van der Waals surface area contributed by atoms with E-state index in [0.717, 1.165) is 116 Å². The first-order valence-corrected chi connectivity index (χ1v) is 25.2. The first kappa shape index (κ1) is 49.6. The number of fused-ring (bicyclic) bond motifs is 1. The Kier molecular flexibility index (Phi) is 17.5. The second kappa shape index (κ2) is 23.6. The maximum atomic E-state index is 13.0. The number of piperidine rings is 2. The molecule has 15 nitrogen and oxygen atoms in total. The molecule has 5 aliphatic rings. The maximum Gasteiger partial charge on any atom is 0.255 e. The number of piperazine rings is 1. The molecule has 0 aliphatic carbocycles. The Morgan fingerprint density at radius 1 is 0.836 bits per heavy atom. The van der Waals surface area contributed by atoms with Crippen LogP contribution in [0.5, 0.6) is 0 Å². The molecule has 360 valence electrons. The van der Waals surface area contributed by atoms with Gasteiger partial charge in [0.1, 0.15) is 11.9 Å². The van der Waals surface area contributed by atoms with Crippen molar-refractivity contribution in [3.05, 3.63) is 87.6 Å². The lowest BCUT2D eigenvalue weighted by atomic mass is 9.91. The van der Waals surface area contributed by atoms with E-state index in [-0.39, 0.29) is 60.3 Å². The summed E-state index contributed by atoms with van der Waals surface area (Å²) in [5, 5.41) is 8.33. The Balaban J connectivity index is 0.693. The highest BCUT2D eigenvalue weighted by molar-refractivity contribution is 8.04. The predicted octanol–water partition coefficient (Wildman–Crippen LogP) is 5.39. The van der Waals surface area contributed by atoms with Crippen molar-refractivity contribution in [2.75, 3.05) is 45.8 Å². The Morgan fingerprint density at radius 2 is 1.54 bits per heavy atom. The Morgan fingerprint density at radius 3 is 2.28 bits per heavy atom. The molecular formula is C51H69N9O6S. The summed E-state index contributed by atoms with van der Waals surface area (Å²) in [7, 11) is 0. The Bertz CT molecular complexity index is 2220. The average Bonchev–Trinajstić information content (AvgIpc) is 3.51. The molecular weight excluding hydrogens is 867 g/mol. The summed E-state index contributed by atoms with van der Waals surface area (Å²) < 4.78 is 0. The van der Waals surface area contributed by atoms with Crippen molar-refractivity contribution in [1.29, 1.82) is 0 Å². The fourth-order valence-electron chi connectivity index (χ4n) is 9.35. The number of nitrogens with zero attached hydrogens (tertiary/aromatic N) is 5. The summed E-state index contributed by atoms with van der Waals surface area (Å²) in [6.07, 6.45) is 16.0. The zero-order valence-electron chi connectivity index (χ0n) is 39.4. The number of likely N-dealkylation sites (tertiary alicyclic amines) is 1. The standard InChI is InChI=1S/C51H69N9O6S/c1-36-28-41(34-53-44(29-36)58-22-19-51(2,52)20-23-58)67-40-11-9-10-37(31-40)32-55-46(62)17-18-48(64)59-26-24-57(25-27-59)21-8-6-4-3-5-7-12-45(61)54-33-38-13-14-42-39(30-38)35-60(50(42)66)43-15-16-47(63)56-49(43)65/h9-11,13-14,28-31,34,36,43H,3-8,12,15-27,32-33,35,52H2,1-2H3,(H,54,61)(H,55,62)(H,56,63,65). The van der Waals surface area contributed by atoms with Gasteiger partial charge in [-0.2, -0.15) is 0 Å². The van der Waals surface area contributed by atoms with Crippen molar-refractivity contribution in [2.24, 2.45) is 16.6 Å². The second-order valence-electron chi connectivity index (χ2n) is 19.1. The number of nitrogens with one attached hydrogen (secondary N) is 3. The highest BCUT2D eigenvalue weighted by atomic mass is 32.2. The summed E-state index contributed by atoms with van der Waals surface area (Å²) in [5.74, 6) is 0.230. The molecule has 2 atom stereocenters. The van der Waals surface area contributed by atoms with Gasteiger partial charge >= 0.3 is 0 Å². The third-order valence-electron chi connectivity index (χ3n) is 13.5. The van der Waals surface area contributed by atoms with Crippen LogP contribution in [-0.4, -0.2) is 119 Å². The molecule has 2 aromatic carbocycles. The lowest BCUT2D eigenvalue weighted by Gasteiger charge is -2.38. The number of imide groups is 1. The Hall–Kier alpha value is -5.32. The van der Waals surface area contributed by atoms with Crippen LogP contribution in [0.2, 0.25) is 0 Å². The number of unbranched alkanes of at least 4 members (excludes halogenated alkanes) is 5. The number of hydrogen-bond donors (Lipinski definition) is 4. The maximum absolute atomic E-state index is 13.0. The van der Waals surface area contributed by atoms with E-state index in [0.29, 0.717) is 51.1 Å². The second-order valence-corrected chi connectivity index (χ2v) is 20.3. The van der Waals surface area contributed by atoms with Gasteiger partial charge in [0.2, 0.25) is 29.5 Å². The quantitative estimate of drug-likeness (QED) is 0.0991. The van der Waals surface area contributed by atoms with Crippen LogP contribution < -0.4 is 21.7 Å². The average molecular weight is 936 g/mol. The van der Waals surface area contributed by atoms with E-state index < -0.39 is 11.9 Å². The number of aliphatic imine (C=N–C) groups is 1. The van der Waals surface area contributed by atoms with Gasteiger partial charge in [0.05, 0.1) is 0 Å².